The van der Waals surface area contributed by atoms with Crippen LogP contribution < -0.4 is 15.6 Å². The summed E-state index contributed by atoms with van der Waals surface area (Å²) in [5.74, 6) is 0.621. The first-order valence-electron chi connectivity index (χ1n) is 7.90. The number of thiophene rings is 2. The predicted octanol–water partition coefficient (Wildman–Crippen LogP) is 4.37. The van der Waals surface area contributed by atoms with Gasteiger partial charge in [0.15, 0.2) is 5.06 Å². The average Bonchev–Trinajstić information content (AvgIpc) is 3.27. The van der Waals surface area contributed by atoms with Crippen molar-refractivity contribution in [1.82, 2.24) is 10.3 Å². The molecule has 3 aromatic heterocycles. The molecule has 0 spiro atoms. The molecule has 1 aromatic carbocycles. The van der Waals surface area contributed by atoms with E-state index in [4.69, 9.17) is 4.74 Å². The van der Waals surface area contributed by atoms with Gasteiger partial charge in [0.1, 0.15) is 5.75 Å². The van der Waals surface area contributed by atoms with Gasteiger partial charge in [0, 0.05) is 10.9 Å². The van der Waals surface area contributed by atoms with E-state index in [1.54, 1.807) is 12.1 Å². The van der Waals surface area contributed by atoms with Crippen LogP contribution in [-0.4, -0.2) is 10.9 Å². The highest BCUT2D eigenvalue weighted by molar-refractivity contribution is 7.20. The molecule has 0 saturated heterocycles. The third kappa shape index (κ3) is 3.68. The number of pyridine rings is 1. The molecule has 4 aromatic rings. The van der Waals surface area contributed by atoms with Crippen molar-refractivity contribution in [2.24, 2.45) is 0 Å². The largest absolute Gasteiger partial charge is 0.447 e. The van der Waals surface area contributed by atoms with Gasteiger partial charge in [-0.25, -0.2) is 0 Å². The zero-order valence-corrected chi connectivity index (χ0v) is 15.2. The van der Waals surface area contributed by atoms with Crippen molar-refractivity contribution < 1.29 is 9.53 Å². The van der Waals surface area contributed by atoms with Crippen LogP contribution >= 0.6 is 22.7 Å². The molecule has 0 atom stereocenters. The number of benzene rings is 1. The van der Waals surface area contributed by atoms with Crippen LogP contribution in [0.4, 0.5) is 0 Å². The summed E-state index contributed by atoms with van der Waals surface area (Å²) in [4.78, 5) is 28.0. The Morgan fingerprint density at radius 2 is 1.88 bits per heavy atom. The summed E-state index contributed by atoms with van der Waals surface area (Å²) in [5, 5.41) is 3.68. The molecule has 0 fully saturated rings. The zero-order valence-electron chi connectivity index (χ0n) is 13.5. The molecule has 2 N–H and O–H groups in total. The van der Waals surface area contributed by atoms with Crippen LogP contribution in [0, 0.1) is 0 Å². The number of para-hydroxylation sites is 1. The molecule has 4 rings (SSSR count). The normalized spacial score (nSPS) is 10.8. The number of fused-ring (bicyclic) bond motifs is 1. The van der Waals surface area contributed by atoms with E-state index in [2.05, 4.69) is 10.3 Å². The highest BCUT2D eigenvalue weighted by Crippen LogP contribution is 2.29. The summed E-state index contributed by atoms with van der Waals surface area (Å²) in [5.41, 5.74) is 0.508. The third-order valence-electron chi connectivity index (χ3n) is 3.65. The van der Waals surface area contributed by atoms with Crippen molar-refractivity contribution in [3.63, 3.8) is 0 Å². The van der Waals surface area contributed by atoms with Gasteiger partial charge in [0.25, 0.3) is 5.91 Å². The second kappa shape index (κ2) is 7.15. The lowest BCUT2D eigenvalue weighted by atomic mass is 10.3. The van der Waals surface area contributed by atoms with Gasteiger partial charge in [0.2, 0.25) is 5.56 Å². The zero-order chi connectivity index (χ0) is 17.9. The van der Waals surface area contributed by atoms with E-state index in [0.29, 0.717) is 16.9 Å². The number of carbonyl (C=O) groups excluding carboxylic acids is 1. The van der Waals surface area contributed by atoms with E-state index < -0.39 is 0 Å². The molecule has 0 aliphatic carbocycles. The van der Waals surface area contributed by atoms with Crippen molar-refractivity contribution in [3.05, 3.63) is 80.8 Å². The Hall–Kier alpha value is -2.90. The Kier molecular flexibility index (Phi) is 4.55. The first-order chi connectivity index (χ1) is 12.7. The monoisotopic (exact) mass is 382 g/mol. The number of aromatic amines is 1. The lowest BCUT2D eigenvalue weighted by molar-refractivity contribution is 0.0955. The highest BCUT2D eigenvalue weighted by atomic mass is 32.1. The van der Waals surface area contributed by atoms with Gasteiger partial charge in [-0.05, 0) is 36.4 Å². The fraction of sp³-hybridized carbons (Fsp3) is 0.0526. The quantitative estimate of drug-likeness (QED) is 0.538. The van der Waals surface area contributed by atoms with Gasteiger partial charge in [0.05, 0.1) is 21.6 Å². The maximum atomic E-state index is 12.4. The molecule has 26 heavy (non-hydrogen) atoms. The van der Waals surface area contributed by atoms with Gasteiger partial charge in [-0.15, -0.1) is 22.7 Å². The van der Waals surface area contributed by atoms with Crippen molar-refractivity contribution in [2.75, 3.05) is 0 Å². The number of rotatable bonds is 5. The first kappa shape index (κ1) is 16.6. The molecule has 1 amide bonds. The number of amides is 1. The number of hydrogen-bond acceptors (Lipinski definition) is 5. The summed E-state index contributed by atoms with van der Waals surface area (Å²) in [6, 6.07) is 18.3. The summed E-state index contributed by atoms with van der Waals surface area (Å²) in [7, 11) is 0. The van der Waals surface area contributed by atoms with E-state index >= 15 is 0 Å². The standard InChI is InChI=1S/C19H14N2O3S2/c22-17-8-7-15-14(21-17)10-16(26-15)19(23)20-11-13-6-9-18(25-13)24-12-4-2-1-3-5-12/h1-10H,11H2,(H,20,23)(H,21,22). The van der Waals surface area contributed by atoms with E-state index in [1.165, 1.54) is 28.7 Å². The topological polar surface area (TPSA) is 71.2 Å². The van der Waals surface area contributed by atoms with Crippen LogP contribution in [0.3, 0.4) is 0 Å². The number of nitrogens with one attached hydrogen (secondary N) is 2. The maximum absolute atomic E-state index is 12.4. The lowest BCUT2D eigenvalue weighted by Gasteiger charge is -2.02. The fourth-order valence-electron chi connectivity index (χ4n) is 2.43. The molecule has 0 unspecified atom stereocenters. The van der Waals surface area contributed by atoms with Crippen LogP contribution in [0.1, 0.15) is 14.5 Å². The number of hydrogen-bond donors (Lipinski definition) is 2. The summed E-state index contributed by atoms with van der Waals surface area (Å²) in [6.45, 7) is 0.423. The molecule has 0 radical (unpaired) electrons. The van der Waals surface area contributed by atoms with Crippen molar-refractivity contribution >= 4 is 38.8 Å². The van der Waals surface area contributed by atoms with Gasteiger partial charge in [-0.2, -0.15) is 0 Å². The molecule has 0 bridgehead atoms. The number of H-pyrrole nitrogens is 1. The molecular weight excluding hydrogens is 368 g/mol. The molecular formula is C19H14N2O3S2. The molecule has 0 aliphatic heterocycles. The van der Waals surface area contributed by atoms with E-state index in [9.17, 15) is 9.59 Å². The molecule has 0 aliphatic rings. The van der Waals surface area contributed by atoms with Crippen molar-refractivity contribution in [1.29, 1.82) is 0 Å². The van der Waals surface area contributed by atoms with Gasteiger partial charge in [-0.1, -0.05) is 18.2 Å². The molecule has 3 heterocycles. The third-order valence-corrected chi connectivity index (χ3v) is 5.71. The fourth-order valence-corrected chi connectivity index (χ4v) is 4.18. The Labute approximate surface area is 156 Å². The summed E-state index contributed by atoms with van der Waals surface area (Å²) >= 11 is 2.84. The summed E-state index contributed by atoms with van der Waals surface area (Å²) < 4.78 is 6.65. The average molecular weight is 382 g/mol. The first-order valence-corrected chi connectivity index (χ1v) is 9.53. The molecule has 0 saturated carbocycles. The number of carbonyl (C=O) groups is 1. The Bertz CT molecular complexity index is 1110. The van der Waals surface area contributed by atoms with Gasteiger partial charge >= 0.3 is 0 Å². The van der Waals surface area contributed by atoms with Crippen molar-refractivity contribution in [2.45, 2.75) is 6.54 Å². The minimum absolute atomic E-state index is 0.161. The second-order valence-electron chi connectivity index (χ2n) is 5.53. The van der Waals surface area contributed by atoms with E-state index in [1.807, 2.05) is 42.5 Å². The lowest BCUT2D eigenvalue weighted by Crippen LogP contribution is -2.21. The van der Waals surface area contributed by atoms with E-state index in [-0.39, 0.29) is 11.5 Å². The molecule has 7 heteroatoms. The Balaban J connectivity index is 1.40. The minimum atomic E-state index is -0.174. The Morgan fingerprint density at radius 3 is 2.73 bits per heavy atom. The van der Waals surface area contributed by atoms with Gasteiger partial charge < -0.3 is 15.0 Å². The minimum Gasteiger partial charge on any atom is -0.447 e. The molecule has 130 valence electrons. The van der Waals surface area contributed by atoms with Gasteiger partial charge in [-0.3, -0.25) is 9.59 Å². The summed E-state index contributed by atoms with van der Waals surface area (Å²) in [6.07, 6.45) is 0. The van der Waals surface area contributed by atoms with Crippen LogP contribution in [0.2, 0.25) is 0 Å². The van der Waals surface area contributed by atoms with E-state index in [0.717, 1.165) is 20.4 Å². The maximum Gasteiger partial charge on any atom is 0.261 e. The van der Waals surface area contributed by atoms with Crippen LogP contribution in [0.15, 0.2) is 65.5 Å². The SMILES string of the molecule is O=C(NCc1ccc(Oc2ccccc2)s1)c1cc2[nH]c(=O)ccc2s1. The number of aromatic nitrogens is 1. The van der Waals surface area contributed by atoms with Crippen molar-refractivity contribution in [3.8, 4) is 10.8 Å². The number of ether oxygens (including phenoxy) is 1. The highest BCUT2D eigenvalue weighted by Gasteiger charge is 2.11. The van der Waals surface area contributed by atoms with Crippen LogP contribution in [0.5, 0.6) is 10.8 Å². The molecule has 5 nitrogen and oxygen atoms in total. The smallest absolute Gasteiger partial charge is 0.261 e. The predicted molar refractivity (Wildman–Crippen MR) is 104 cm³/mol. The second-order valence-corrected chi connectivity index (χ2v) is 7.74. The van der Waals surface area contributed by atoms with Crippen LogP contribution in [-0.2, 0) is 6.54 Å². The van der Waals surface area contributed by atoms with Crippen LogP contribution in [0.25, 0.3) is 10.2 Å². The Morgan fingerprint density at radius 1 is 1.04 bits per heavy atom.